The Morgan fingerprint density at radius 2 is 2.05 bits per heavy atom. The number of nitrogens with zero attached hydrogens (tertiary/aromatic N) is 1. The van der Waals surface area contributed by atoms with Crippen LogP contribution in [-0.2, 0) is 27.2 Å². The van der Waals surface area contributed by atoms with Crippen LogP contribution in [0.3, 0.4) is 0 Å². The molecule has 0 radical (unpaired) electrons. The monoisotopic (exact) mass is 274 g/mol. The number of aryl methyl sites for hydroxylation is 1. The Kier molecular flexibility index (Phi) is 3.69. The lowest BCUT2D eigenvalue weighted by Gasteiger charge is -2.27. The number of anilines is 1. The topological polar surface area (TPSA) is 58.6 Å². The Morgan fingerprint density at radius 1 is 1.25 bits per heavy atom. The quantitative estimate of drug-likeness (QED) is 0.874. The van der Waals surface area contributed by atoms with Gasteiger partial charge in [-0.2, -0.15) is 0 Å². The van der Waals surface area contributed by atoms with Crippen molar-refractivity contribution in [2.45, 2.75) is 19.3 Å². The number of fused-ring (bicyclic) bond motifs is 1. The molecule has 1 aromatic carbocycles. The minimum atomic E-state index is 0.0645. The Balaban J connectivity index is 1.68. The third-order valence-corrected chi connectivity index (χ3v) is 3.78. The minimum absolute atomic E-state index is 0.0645. The molecule has 0 unspecified atom stereocenters. The van der Waals surface area contributed by atoms with Gasteiger partial charge in [-0.15, -0.1) is 0 Å². The summed E-state index contributed by atoms with van der Waals surface area (Å²) in [6, 6.07) is 5.85. The van der Waals surface area contributed by atoms with Gasteiger partial charge in [-0.1, -0.05) is 12.1 Å². The van der Waals surface area contributed by atoms with Gasteiger partial charge < -0.3 is 15.0 Å². The number of rotatable bonds is 2. The number of nitrogens with one attached hydrogen (secondary N) is 1. The molecule has 0 aromatic heterocycles. The van der Waals surface area contributed by atoms with Crippen LogP contribution in [-0.4, -0.2) is 43.0 Å². The van der Waals surface area contributed by atoms with Crippen molar-refractivity contribution in [3.63, 3.8) is 0 Å². The maximum Gasteiger partial charge on any atom is 0.227 e. The van der Waals surface area contributed by atoms with Crippen molar-refractivity contribution < 1.29 is 14.3 Å². The van der Waals surface area contributed by atoms with Crippen molar-refractivity contribution in [2.75, 3.05) is 31.6 Å². The van der Waals surface area contributed by atoms with Gasteiger partial charge in [0.2, 0.25) is 11.8 Å². The van der Waals surface area contributed by atoms with Crippen LogP contribution in [0.1, 0.15) is 17.5 Å². The fourth-order valence-electron chi connectivity index (χ4n) is 2.65. The SMILES string of the molecule is O=C1CCc2cc(CC(=O)N3CCOCC3)ccc2N1. The summed E-state index contributed by atoms with van der Waals surface area (Å²) in [6.45, 7) is 2.61. The van der Waals surface area contributed by atoms with Crippen LogP contribution >= 0.6 is 0 Å². The number of benzene rings is 1. The highest BCUT2D eigenvalue weighted by atomic mass is 16.5. The molecule has 5 nitrogen and oxygen atoms in total. The third kappa shape index (κ3) is 2.82. The first kappa shape index (κ1) is 13.1. The summed E-state index contributed by atoms with van der Waals surface area (Å²) in [5.41, 5.74) is 3.01. The van der Waals surface area contributed by atoms with Crippen molar-refractivity contribution in [1.29, 1.82) is 0 Å². The van der Waals surface area contributed by atoms with Crippen LogP contribution in [0.2, 0.25) is 0 Å². The first-order valence-electron chi connectivity index (χ1n) is 6.99. The molecule has 2 amide bonds. The molecule has 2 aliphatic rings. The van der Waals surface area contributed by atoms with E-state index in [0.717, 1.165) is 23.2 Å². The molecule has 0 aliphatic carbocycles. The average molecular weight is 274 g/mol. The Labute approximate surface area is 117 Å². The number of morpholine rings is 1. The molecule has 0 bridgehead atoms. The summed E-state index contributed by atoms with van der Waals surface area (Å²) in [5.74, 6) is 0.211. The molecular formula is C15H18N2O3. The lowest BCUT2D eigenvalue weighted by Crippen LogP contribution is -2.41. The number of hydrogen-bond donors (Lipinski definition) is 1. The van der Waals surface area contributed by atoms with Gasteiger partial charge in [0.25, 0.3) is 0 Å². The summed E-state index contributed by atoms with van der Waals surface area (Å²) in [5, 5.41) is 2.85. The Morgan fingerprint density at radius 3 is 2.85 bits per heavy atom. The highest BCUT2D eigenvalue weighted by molar-refractivity contribution is 5.94. The predicted octanol–water partition coefficient (Wildman–Crippen LogP) is 0.973. The number of ether oxygens (including phenoxy) is 1. The van der Waals surface area contributed by atoms with Gasteiger partial charge in [0.05, 0.1) is 19.6 Å². The summed E-state index contributed by atoms with van der Waals surface area (Å²) in [6.07, 6.45) is 1.69. The molecule has 1 fully saturated rings. The molecular weight excluding hydrogens is 256 g/mol. The maximum absolute atomic E-state index is 12.2. The van der Waals surface area contributed by atoms with E-state index in [0.29, 0.717) is 39.1 Å². The van der Waals surface area contributed by atoms with Crippen LogP contribution in [0.4, 0.5) is 5.69 Å². The second-order valence-corrected chi connectivity index (χ2v) is 5.21. The first-order chi connectivity index (χ1) is 9.72. The highest BCUT2D eigenvalue weighted by Crippen LogP contribution is 2.24. The molecule has 0 atom stereocenters. The average Bonchev–Trinajstić information content (AvgIpc) is 2.48. The second kappa shape index (κ2) is 5.63. The van der Waals surface area contributed by atoms with E-state index in [1.807, 2.05) is 23.1 Å². The fraction of sp³-hybridized carbons (Fsp3) is 0.467. The van der Waals surface area contributed by atoms with Gasteiger partial charge >= 0.3 is 0 Å². The number of hydrogen-bond acceptors (Lipinski definition) is 3. The highest BCUT2D eigenvalue weighted by Gasteiger charge is 2.19. The molecule has 1 N–H and O–H groups in total. The maximum atomic E-state index is 12.2. The normalized spacial score (nSPS) is 18.4. The van der Waals surface area contributed by atoms with E-state index in [1.54, 1.807) is 0 Å². The second-order valence-electron chi connectivity index (χ2n) is 5.21. The Bertz CT molecular complexity index is 536. The lowest BCUT2D eigenvalue weighted by molar-refractivity contribution is -0.134. The van der Waals surface area contributed by atoms with Gasteiger partial charge in [0.1, 0.15) is 0 Å². The van der Waals surface area contributed by atoms with E-state index in [-0.39, 0.29) is 11.8 Å². The molecule has 0 spiro atoms. The zero-order valence-electron chi connectivity index (χ0n) is 11.4. The van der Waals surface area contributed by atoms with Crippen molar-refractivity contribution >= 4 is 17.5 Å². The van der Waals surface area contributed by atoms with E-state index >= 15 is 0 Å². The Hall–Kier alpha value is -1.88. The van der Waals surface area contributed by atoms with Gasteiger partial charge in [0.15, 0.2) is 0 Å². The lowest BCUT2D eigenvalue weighted by atomic mass is 9.99. The van der Waals surface area contributed by atoms with Gasteiger partial charge in [-0.25, -0.2) is 0 Å². The van der Waals surface area contributed by atoms with Crippen LogP contribution < -0.4 is 5.32 Å². The third-order valence-electron chi connectivity index (χ3n) is 3.78. The van der Waals surface area contributed by atoms with E-state index in [4.69, 9.17) is 4.74 Å². The number of carbonyl (C=O) groups is 2. The largest absolute Gasteiger partial charge is 0.378 e. The summed E-state index contributed by atoms with van der Waals surface area (Å²) < 4.78 is 5.25. The van der Waals surface area contributed by atoms with Crippen LogP contribution in [0, 0.1) is 0 Å². The van der Waals surface area contributed by atoms with E-state index in [2.05, 4.69) is 5.32 Å². The standard InChI is InChI=1S/C15H18N2O3/c18-14-4-2-12-9-11(1-3-13(12)16-14)10-15(19)17-5-7-20-8-6-17/h1,3,9H,2,4-8,10H2,(H,16,18). The van der Waals surface area contributed by atoms with E-state index < -0.39 is 0 Å². The molecule has 2 aliphatic heterocycles. The molecule has 5 heteroatoms. The van der Waals surface area contributed by atoms with Gasteiger partial charge in [-0.05, 0) is 23.6 Å². The van der Waals surface area contributed by atoms with Crippen LogP contribution in [0.15, 0.2) is 18.2 Å². The zero-order valence-corrected chi connectivity index (χ0v) is 11.4. The molecule has 1 aromatic rings. The van der Waals surface area contributed by atoms with Crippen LogP contribution in [0.25, 0.3) is 0 Å². The molecule has 0 saturated carbocycles. The van der Waals surface area contributed by atoms with Gasteiger partial charge in [-0.3, -0.25) is 9.59 Å². The summed E-state index contributed by atoms with van der Waals surface area (Å²) >= 11 is 0. The molecule has 2 heterocycles. The molecule has 20 heavy (non-hydrogen) atoms. The number of carbonyl (C=O) groups excluding carboxylic acids is 2. The summed E-state index contributed by atoms with van der Waals surface area (Å²) in [4.78, 5) is 25.4. The van der Waals surface area contributed by atoms with Crippen LogP contribution in [0.5, 0.6) is 0 Å². The molecule has 1 saturated heterocycles. The molecule has 106 valence electrons. The van der Waals surface area contributed by atoms with Crippen molar-refractivity contribution in [3.05, 3.63) is 29.3 Å². The van der Waals surface area contributed by atoms with Crippen molar-refractivity contribution in [3.8, 4) is 0 Å². The molecule has 3 rings (SSSR count). The fourth-order valence-corrected chi connectivity index (χ4v) is 2.65. The van der Waals surface area contributed by atoms with Gasteiger partial charge in [0, 0.05) is 25.2 Å². The van der Waals surface area contributed by atoms with E-state index in [9.17, 15) is 9.59 Å². The smallest absolute Gasteiger partial charge is 0.227 e. The first-order valence-corrected chi connectivity index (χ1v) is 6.99. The van der Waals surface area contributed by atoms with Crippen molar-refractivity contribution in [2.24, 2.45) is 0 Å². The predicted molar refractivity (Wildman–Crippen MR) is 74.5 cm³/mol. The number of amides is 2. The zero-order chi connectivity index (χ0) is 13.9. The van der Waals surface area contributed by atoms with Crippen molar-refractivity contribution in [1.82, 2.24) is 4.90 Å². The minimum Gasteiger partial charge on any atom is -0.378 e. The summed E-state index contributed by atoms with van der Waals surface area (Å²) in [7, 11) is 0. The van der Waals surface area contributed by atoms with E-state index in [1.165, 1.54) is 0 Å².